The first-order valence-corrected chi connectivity index (χ1v) is 7.90. The van der Waals surface area contributed by atoms with Crippen LogP contribution in [-0.2, 0) is 4.79 Å². The lowest BCUT2D eigenvalue weighted by Crippen LogP contribution is -2.48. The van der Waals surface area contributed by atoms with Crippen LogP contribution in [-0.4, -0.2) is 50.5 Å². The molecule has 8 nitrogen and oxygen atoms in total. The van der Waals surface area contributed by atoms with E-state index in [9.17, 15) is 9.59 Å². The first-order valence-electron chi connectivity index (χ1n) is 7.90. The van der Waals surface area contributed by atoms with Crippen LogP contribution in [0.2, 0.25) is 0 Å². The Labute approximate surface area is 142 Å². The van der Waals surface area contributed by atoms with Crippen molar-refractivity contribution in [1.82, 2.24) is 21.3 Å². The SMILES string of the molecule is CNCCNC(=O)[C@H](CCCNC(=N)N)NC(=O)c1ccccc1. The first kappa shape index (κ1) is 19.4. The molecular weight excluding hydrogens is 308 g/mol. The highest BCUT2D eigenvalue weighted by Crippen LogP contribution is 2.02. The van der Waals surface area contributed by atoms with Crippen molar-refractivity contribution in [3.63, 3.8) is 0 Å². The number of amides is 2. The number of guanidine groups is 1. The molecule has 2 amide bonds. The van der Waals surface area contributed by atoms with E-state index in [0.29, 0.717) is 38.0 Å². The summed E-state index contributed by atoms with van der Waals surface area (Å²) >= 11 is 0. The Bertz CT molecular complexity index is 535. The summed E-state index contributed by atoms with van der Waals surface area (Å²) in [7, 11) is 1.80. The molecular formula is C16H26N6O2. The fourth-order valence-corrected chi connectivity index (χ4v) is 2.06. The molecule has 0 aromatic heterocycles. The number of benzene rings is 1. The number of carbonyl (C=O) groups excluding carboxylic acids is 2. The van der Waals surface area contributed by atoms with Crippen LogP contribution in [0.25, 0.3) is 0 Å². The van der Waals surface area contributed by atoms with E-state index in [-0.39, 0.29) is 17.8 Å². The standard InChI is InChI=1S/C16H26N6O2/c1-19-10-11-20-15(24)13(8-5-9-21-16(17)18)22-14(23)12-6-3-2-4-7-12/h2-4,6-7,13,19H,5,8-11H2,1H3,(H,20,24)(H,22,23)(H4,17,18,21)/t13-/m0/s1. The van der Waals surface area contributed by atoms with Crippen LogP contribution < -0.4 is 27.0 Å². The Kier molecular flexibility index (Phi) is 8.91. The van der Waals surface area contributed by atoms with E-state index in [1.165, 1.54) is 0 Å². The van der Waals surface area contributed by atoms with Gasteiger partial charge in [-0.15, -0.1) is 0 Å². The third-order valence-electron chi connectivity index (χ3n) is 3.32. The topological polar surface area (TPSA) is 132 Å². The zero-order valence-corrected chi connectivity index (χ0v) is 13.9. The maximum absolute atomic E-state index is 12.3. The predicted molar refractivity (Wildman–Crippen MR) is 93.8 cm³/mol. The number of rotatable bonds is 10. The Morgan fingerprint density at radius 2 is 1.83 bits per heavy atom. The van der Waals surface area contributed by atoms with Gasteiger partial charge >= 0.3 is 0 Å². The molecule has 0 aliphatic carbocycles. The lowest BCUT2D eigenvalue weighted by atomic mass is 10.1. The molecule has 0 aliphatic heterocycles. The van der Waals surface area contributed by atoms with Crippen LogP contribution in [0.3, 0.4) is 0 Å². The number of likely N-dealkylation sites (N-methyl/N-ethyl adjacent to an activating group) is 1. The zero-order valence-electron chi connectivity index (χ0n) is 13.9. The normalized spacial score (nSPS) is 11.4. The van der Waals surface area contributed by atoms with Gasteiger partial charge in [0, 0.05) is 25.2 Å². The van der Waals surface area contributed by atoms with E-state index in [0.717, 1.165) is 0 Å². The molecule has 0 saturated heterocycles. The van der Waals surface area contributed by atoms with Gasteiger partial charge in [0.05, 0.1) is 0 Å². The van der Waals surface area contributed by atoms with Crippen molar-refractivity contribution < 1.29 is 9.59 Å². The maximum atomic E-state index is 12.3. The van der Waals surface area contributed by atoms with Crippen LogP contribution in [0, 0.1) is 5.41 Å². The van der Waals surface area contributed by atoms with E-state index in [1.807, 2.05) is 6.07 Å². The minimum absolute atomic E-state index is 0.113. The number of hydrogen-bond acceptors (Lipinski definition) is 4. The molecule has 7 N–H and O–H groups in total. The minimum atomic E-state index is -0.636. The monoisotopic (exact) mass is 334 g/mol. The van der Waals surface area contributed by atoms with Gasteiger partial charge in [0.1, 0.15) is 6.04 Å². The van der Waals surface area contributed by atoms with Crippen molar-refractivity contribution in [2.75, 3.05) is 26.7 Å². The summed E-state index contributed by atoms with van der Waals surface area (Å²) in [4.78, 5) is 24.5. The Morgan fingerprint density at radius 3 is 2.46 bits per heavy atom. The summed E-state index contributed by atoms with van der Waals surface area (Å²) in [5, 5.41) is 18.3. The van der Waals surface area contributed by atoms with E-state index in [1.54, 1.807) is 31.3 Å². The molecule has 8 heteroatoms. The van der Waals surface area contributed by atoms with Gasteiger partial charge in [-0.25, -0.2) is 0 Å². The van der Waals surface area contributed by atoms with Gasteiger partial charge in [-0.2, -0.15) is 0 Å². The molecule has 1 aromatic carbocycles. The van der Waals surface area contributed by atoms with Gasteiger partial charge in [0.25, 0.3) is 5.91 Å². The predicted octanol–water partition coefficient (Wildman–Crippen LogP) is -0.616. The van der Waals surface area contributed by atoms with Crippen LogP contribution in [0.4, 0.5) is 0 Å². The summed E-state index contributed by atoms with van der Waals surface area (Å²) in [6.07, 6.45) is 1.04. The molecule has 0 radical (unpaired) electrons. The second-order valence-corrected chi connectivity index (χ2v) is 5.27. The number of hydrogen-bond donors (Lipinski definition) is 6. The average molecular weight is 334 g/mol. The second kappa shape index (κ2) is 11.0. The highest BCUT2D eigenvalue weighted by atomic mass is 16.2. The van der Waals surface area contributed by atoms with E-state index in [4.69, 9.17) is 11.1 Å². The van der Waals surface area contributed by atoms with Crippen molar-refractivity contribution in [3.05, 3.63) is 35.9 Å². The summed E-state index contributed by atoms with van der Waals surface area (Å²) in [5.74, 6) is -0.625. The molecule has 0 aliphatic rings. The van der Waals surface area contributed by atoms with E-state index >= 15 is 0 Å². The summed E-state index contributed by atoms with van der Waals surface area (Å²) < 4.78 is 0. The van der Waals surface area contributed by atoms with E-state index in [2.05, 4.69) is 21.3 Å². The minimum Gasteiger partial charge on any atom is -0.370 e. The molecule has 0 unspecified atom stereocenters. The maximum Gasteiger partial charge on any atom is 0.251 e. The summed E-state index contributed by atoms with van der Waals surface area (Å²) in [5.41, 5.74) is 5.73. The van der Waals surface area contributed by atoms with Crippen molar-refractivity contribution in [2.45, 2.75) is 18.9 Å². The summed E-state index contributed by atoms with van der Waals surface area (Å²) in [6, 6.07) is 8.13. The third kappa shape index (κ3) is 7.59. The fraction of sp³-hybridized carbons (Fsp3) is 0.438. The lowest BCUT2D eigenvalue weighted by Gasteiger charge is -2.19. The summed E-state index contributed by atoms with van der Waals surface area (Å²) in [6.45, 7) is 1.60. The Hall–Kier alpha value is -2.61. The van der Waals surface area contributed by atoms with Crippen molar-refractivity contribution in [1.29, 1.82) is 5.41 Å². The Balaban J connectivity index is 2.60. The van der Waals surface area contributed by atoms with Crippen LogP contribution >= 0.6 is 0 Å². The molecule has 0 spiro atoms. The Morgan fingerprint density at radius 1 is 1.12 bits per heavy atom. The highest BCUT2D eigenvalue weighted by Gasteiger charge is 2.20. The highest BCUT2D eigenvalue weighted by molar-refractivity contribution is 5.97. The van der Waals surface area contributed by atoms with Gasteiger partial charge in [0.15, 0.2) is 5.96 Å². The molecule has 132 valence electrons. The smallest absolute Gasteiger partial charge is 0.251 e. The van der Waals surface area contributed by atoms with Crippen molar-refractivity contribution in [3.8, 4) is 0 Å². The molecule has 1 aromatic rings. The van der Waals surface area contributed by atoms with E-state index < -0.39 is 6.04 Å². The van der Waals surface area contributed by atoms with Crippen LogP contribution in [0.5, 0.6) is 0 Å². The molecule has 0 bridgehead atoms. The molecule has 24 heavy (non-hydrogen) atoms. The fourth-order valence-electron chi connectivity index (χ4n) is 2.06. The van der Waals surface area contributed by atoms with Gasteiger partial charge in [0.2, 0.25) is 5.91 Å². The average Bonchev–Trinajstić information content (AvgIpc) is 2.58. The second-order valence-electron chi connectivity index (χ2n) is 5.27. The van der Waals surface area contributed by atoms with Gasteiger partial charge in [-0.05, 0) is 32.0 Å². The van der Waals surface area contributed by atoms with Gasteiger partial charge in [-0.3, -0.25) is 15.0 Å². The zero-order chi connectivity index (χ0) is 17.8. The number of carbonyl (C=O) groups is 2. The van der Waals surface area contributed by atoms with Crippen LogP contribution in [0.1, 0.15) is 23.2 Å². The van der Waals surface area contributed by atoms with Gasteiger partial charge < -0.3 is 27.0 Å². The molecule has 1 atom stereocenters. The van der Waals surface area contributed by atoms with Crippen LogP contribution in [0.15, 0.2) is 30.3 Å². The van der Waals surface area contributed by atoms with Gasteiger partial charge in [-0.1, -0.05) is 18.2 Å². The van der Waals surface area contributed by atoms with Crippen molar-refractivity contribution >= 4 is 17.8 Å². The number of nitrogens with two attached hydrogens (primary N) is 1. The molecule has 0 heterocycles. The molecule has 0 fully saturated rings. The number of nitrogens with one attached hydrogen (secondary N) is 5. The third-order valence-corrected chi connectivity index (χ3v) is 3.32. The molecule has 0 saturated carbocycles. The largest absolute Gasteiger partial charge is 0.370 e. The van der Waals surface area contributed by atoms with Crippen molar-refractivity contribution in [2.24, 2.45) is 5.73 Å². The lowest BCUT2D eigenvalue weighted by molar-refractivity contribution is -0.123. The first-order chi connectivity index (χ1) is 11.5. The quantitative estimate of drug-likeness (QED) is 0.193. The molecule has 1 rings (SSSR count).